The van der Waals surface area contributed by atoms with Gasteiger partial charge in [0.1, 0.15) is 5.82 Å². The molecular formula is C23H27FN4O3. The summed E-state index contributed by atoms with van der Waals surface area (Å²) in [5.74, 6) is -1.00. The third-order valence-electron chi connectivity index (χ3n) is 5.35. The van der Waals surface area contributed by atoms with E-state index in [0.29, 0.717) is 23.5 Å². The molecule has 1 aliphatic heterocycles. The second kappa shape index (κ2) is 9.70. The number of hydrogen-bond donors (Lipinski definition) is 2. The number of benzene rings is 2. The standard InChI is InChI=1S/C23H27FN4O3/c1-4-19(23(31)25-17-11-9-16(24)10-12-17)27(3)14-22(30)28-15(2)13-21(29)26-18-7-5-6-8-20(18)28/h5-12,15,19H,4,13-14H2,1-3H3,(H,25,31)(H,26,29)/t15-,19+/m0/s1. The molecule has 8 heteroatoms. The van der Waals surface area contributed by atoms with Gasteiger partial charge in [-0.1, -0.05) is 19.1 Å². The van der Waals surface area contributed by atoms with E-state index >= 15 is 0 Å². The summed E-state index contributed by atoms with van der Waals surface area (Å²) in [6.07, 6.45) is 0.676. The zero-order chi connectivity index (χ0) is 22.5. The van der Waals surface area contributed by atoms with E-state index in [4.69, 9.17) is 0 Å². The number of likely N-dealkylation sites (N-methyl/N-ethyl adjacent to an activating group) is 1. The Kier molecular flexibility index (Phi) is 7.02. The van der Waals surface area contributed by atoms with E-state index in [9.17, 15) is 18.8 Å². The Balaban J connectivity index is 1.74. The molecular weight excluding hydrogens is 399 g/mol. The predicted octanol–water partition coefficient (Wildman–Crippen LogP) is 3.24. The lowest BCUT2D eigenvalue weighted by Crippen LogP contribution is -2.49. The number of amides is 3. The maximum Gasteiger partial charge on any atom is 0.241 e. The van der Waals surface area contributed by atoms with Crippen molar-refractivity contribution in [2.24, 2.45) is 0 Å². The Bertz CT molecular complexity index is 964. The highest BCUT2D eigenvalue weighted by molar-refractivity contribution is 6.05. The number of carbonyl (C=O) groups is 3. The minimum absolute atomic E-state index is 0.00219. The van der Waals surface area contributed by atoms with E-state index in [1.165, 1.54) is 24.3 Å². The van der Waals surface area contributed by atoms with Crippen molar-refractivity contribution in [1.29, 1.82) is 0 Å². The monoisotopic (exact) mass is 426 g/mol. The topological polar surface area (TPSA) is 81.8 Å². The van der Waals surface area contributed by atoms with Crippen LogP contribution in [0.2, 0.25) is 0 Å². The molecule has 0 fully saturated rings. The number of fused-ring (bicyclic) bond motifs is 1. The van der Waals surface area contributed by atoms with Crippen molar-refractivity contribution in [1.82, 2.24) is 4.90 Å². The number of nitrogens with zero attached hydrogens (tertiary/aromatic N) is 2. The van der Waals surface area contributed by atoms with Gasteiger partial charge in [0, 0.05) is 18.2 Å². The third kappa shape index (κ3) is 5.27. The van der Waals surface area contributed by atoms with Gasteiger partial charge in [-0.15, -0.1) is 0 Å². The van der Waals surface area contributed by atoms with Gasteiger partial charge in [0.25, 0.3) is 0 Å². The number of nitrogens with one attached hydrogen (secondary N) is 2. The molecule has 0 spiro atoms. The Morgan fingerprint density at radius 2 is 1.90 bits per heavy atom. The van der Waals surface area contributed by atoms with Crippen LogP contribution in [0.25, 0.3) is 0 Å². The smallest absolute Gasteiger partial charge is 0.241 e. The molecule has 3 amide bonds. The summed E-state index contributed by atoms with van der Waals surface area (Å²) in [5.41, 5.74) is 1.72. The molecule has 7 nitrogen and oxygen atoms in total. The largest absolute Gasteiger partial charge is 0.325 e. The first-order valence-corrected chi connectivity index (χ1v) is 10.3. The minimum Gasteiger partial charge on any atom is -0.325 e. The van der Waals surface area contributed by atoms with Gasteiger partial charge in [0.15, 0.2) is 0 Å². The fraction of sp³-hybridized carbons (Fsp3) is 0.348. The van der Waals surface area contributed by atoms with E-state index in [2.05, 4.69) is 10.6 Å². The Labute approximate surface area is 181 Å². The lowest BCUT2D eigenvalue weighted by molar-refractivity contribution is -0.124. The summed E-state index contributed by atoms with van der Waals surface area (Å²) in [4.78, 5) is 41.5. The first-order chi connectivity index (χ1) is 14.8. The molecule has 0 saturated heterocycles. The molecule has 0 bridgehead atoms. The quantitative estimate of drug-likeness (QED) is 0.743. The van der Waals surface area contributed by atoms with Crippen LogP contribution in [0.5, 0.6) is 0 Å². The van der Waals surface area contributed by atoms with Crippen LogP contribution in [0.1, 0.15) is 26.7 Å². The van der Waals surface area contributed by atoms with Crippen LogP contribution in [0.4, 0.5) is 21.5 Å². The predicted molar refractivity (Wildman–Crippen MR) is 118 cm³/mol. The van der Waals surface area contributed by atoms with E-state index < -0.39 is 6.04 Å². The second-order valence-electron chi connectivity index (χ2n) is 7.72. The highest BCUT2D eigenvalue weighted by Crippen LogP contribution is 2.31. The van der Waals surface area contributed by atoms with Crippen molar-refractivity contribution in [3.8, 4) is 0 Å². The van der Waals surface area contributed by atoms with E-state index in [-0.39, 0.29) is 42.5 Å². The molecule has 1 heterocycles. The van der Waals surface area contributed by atoms with Gasteiger partial charge < -0.3 is 15.5 Å². The minimum atomic E-state index is -0.550. The van der Waals surface area contributed by atoms with Crippen LogP contribution >= 0.6 is 0 Å². The molecule has 3 rings (SSSR count). The summed E-state index contributed by atoms with van der Waals surface area (Å²) in [5, 5.41) is 5.60. The maximum atomic E-state index is 13.3. The fourth-order valence-electron chi connectivity index (χ4n) is 3.82. The van der Waals surface area contributed by atoms with Crippen molar-refractivity contribution >= 4 is 34.8 Å². The highest BCUT2D eigenvalue weighted by Gasteiger charge is 2.31. The number of halogens is 1. The van der Waals surface area contributed by atoms with Crippen LogP contribution in [0.3, 0.4) is 0 Å². The molecule has 0 aromatic heterocycles. The number of carbonyl (C=O) groups excluding carboxylic acids is 3. The SMILES string of the molecule is CC[C@H](C(=O)Nc1ccc(F)cc1)N(C)CC(=O)N1c2ccccc2NC(=O)C[C@@H]1C. The Morgan fingerprint density at radius 1 is 1.23 bits per heavy atom. The molecule has 2 atom stereocenters. The van der Waals surface area contributed by atoms with Crippen LogP contribution in [-0.4, -0.2) is 48.3 Å². The number of anilines is 3. The zero-order valence-corrected chi connectivity index (χ0v) is 17.9. The molecule has 2 N–H and O–H groups in total. The number of para-hydroxylation sites is 2. The van der Waals surface area contributed by atoms with Crippen molar-refractivity contribution in [2.75, 3.05) is 29.1 Å². The van der Waals surface area contributed by atoms with Gasteiger partial charge in [-0.2, -0.15) is 0 Å². The van der Waals surface area contributed by atoms with Crippen molar-refractivity contribution in [3.63, 3.8) is 0 Å². The maximum absolute atomic E-state index is 13.3. The molecule has 0 aliphatic carbocycles. The van der Waals surface area contributed by atoms with E-state index in [0.717, 1.165) is 0 Å². The molecule has 31 heavy (non-hydrogen) atoms. The first kappa shape index (κ1) is 22.4. The summed E-state index contributed by atoms with van der Waals surface area (Å²) in [6.45, 7) is 3.70. The Hall–Kier alpha value is -3.26. The number of rotatable bonds is 6. The summed E-state index contributed by atoms with van der Waals surface area (Å²) < 4.78 is 13.1. The molecule has 2 aromatic carbocycles. The molecule has 0 saturated carbocycles. The lowest BCUT2D eigenvalue weighted by Gasteiger charge is -2.32. The van der Waals surface area contributed by atoms with Gasteiger partial charge >= 0.3 is 0 Å². The fourth-order valence-corrected chi connectivity index (χ4v) is 3.82. The van der Waals surface area contributed by atoms with E-state index in [1.807, 2.05) is 19.9 Å². The van der Waals surface area contributed by atoms with Crippen molar-refractivity contribution in [2.45, 2.75) is 38.8 Å². The summed E-state index contributed by atoms with van der Waals surface area (Å²) in [7, 11) is 1.72. The normalized spacial score (nSPS) is 16.9. The van der Waals surface area contributed by atoms with Crippen molar-refractivity contribution in [3.05, 3.63) is 54.3 Å². The van der Waals surface area contributed by atoms with Crippen LogP contribution < -0.4 is 15.5 Å². The number of hydrogen-bond acceptors (Lipinski definition) is 4. The highest BCUT2D eigenvalue weighted by atomic mass is 19.1. The summed E-state index contributed by atoms with van der Waals surface area (Å²) in [6, 6.07) is 11.8. The van der Waals surface area contributed by atoms with Crippen LogP contribution in [0, 0.1) is 5.82 Å². The second-order valence-corrected chi connectivity index (χ2v) is 7.72. The van der Waals surface area contributed by atoms with Gasteiger partial charge in [-0.3, -0.25) is 19.3 Å². The van der Waals surface area contributed by atoms with Gasteiger partial charge in [-0.25, -0.2) is 4.39 Å². The Morgan fingerprint density at radius 3 is 2.58 bits per heavy atom. The molecule has 0 unspecified atom stereocenters. The van der Waals surface area contributed by atoms with Gasteiger partial charge in [0.2, 0.25) is 17.7 Å². The molecule has 164 valence electrons. The lowest BCUT2D eigenvalue weighted by atomic mass is 10.1. The first-order valence-electron chi connectivity index (χ1n) is 10.3. The average Bonchev–Trinajstić information content (AvgIpc) is 2.84. The molecule has 2 aromatic rings. The van der Waals surface area contributed by atoms with Gasteiger partial charge in [-0.05, 0) is 56.8 Å². The van der Waals surface area contributed by atoms with E-state index in [1.54, 1.807) is 35.0 Å². The average molecular weight is 426 g/mol. The molecule has 1 aliphatic rings. The van der Waals surface area contributed by atoms with Gasteiger partial charge in [0.05, 0.1) is 24.0 Å². The van der Waals surface area contributed by atoms with Crippen LogP contribution in [-0.2, 0) is 14.4 Å². The zero-order valence-electron chi connectivity index (χ0n) is 17.9. The third-order valence-corrected chi connectivity index (χ3v) is 5.35. The van der Waals surface area contributed by atoms with Crippen LogP contribution in [0.15, 0.2) is 48.5 Å². The molecule has 0 radical (unpaired) electrons. The van der Waals surface area contributed by atoms with Crippen molar-refractivity contribution < 1.29 is 18.8 Å². The summed E-state index contributed by atoms with van der Waals surface area (Å²) >= 11 is 0.